The highest BCUT2D eigenvalue weighted by molar-refractivity contribution is 7.89. The van der Waals surface area contributed by atoms with Gasteiger partial charge in [-0.3, -0.25) is 4.79 Å². The van der Waals surface area contributed by atoms with Crippen LogP contribution in [0.3, 0.4) is 0 Å². The first-order chi connectivity index (χ1) is 9.85. The number of hydrogen-bond acceptors (Lipinski definition) is 3. The van der Waals surface area contributed by atoms with Gasteiger partial charge in [0.1, 0.15) is 0 Å². The summed E-state index contributed by atoms with van der Waals surface area (Å²) in [5, 5.41) is 0.724. The molecule has 1 amide bonds. The second-order valence-electron chi connectivity index (χ2n) is 4.72. The summed E-state index contributed by atoms with van der Waals surface area (Å²) < 4.78 is 25.0. The smallest absolute Gasteiger partial charge is 0.253 e. The molecule has 1 fully saturated rings. The number of nitrogens with zero attached hydrogens (tertiary/aromatic N) is 2. The zero-order valence-electron chi connectivity index (χ0n) is 11.6. The summed E-state index contributed by atoms with van der Waals surface area (Å²) in [7, 11) is -3.19. The lowest BCUT2D eigenvalue weighted by Gasteiger charge is -2.33. The van der Waals surface area contributed by atoms with E-state index in [2.05, 4.69) is 0 Å². The topological polar surface area (TPSA) is 57.7 Å². The molecule has 0 radical (unpaired) electrons. The fourth-order valence-corrected chi connectivity index (χ4v) is 3.55. The van der Waals surface area contributed by atoms with Crippen LogP contribution in [0.25, 0.3) is 0 Å². The van der Waals surface area contributed by atoms with Crippen LogP contribution in [0, 0.1) is 0 Å². The molecule has 1 aliphatic rings. The van der Waals surface area contributed by atoms with Crippen molar-refractivity contribution in [2.24, 2.45) is 0 Å². The van der Waals surface area contributed by atoms with Gasteiger partial charge in [-0.25, -0.2) is 8.42 Å². The normalized spacial score (nSPS) is 17.0. The minimum atomic E-state index is -3.19. The van der Waals surface area contributed by atoms with Crippen molar-refractivity contribution in [3.8, 4) is 0 Å². The van der Waals surface area contributed by atoms with Crippen LogP contribution in [0.5, 0.6) is 0 Å². The fraction of sp³-hybridized carbons (Fsp3) is 0.462. The number of hydrogen-bond donors (Lipinski definition) is 0. The van der Waals surface area contributed by atoms with E-state index in [0.29, 0.717) is 41.8 Å². The number of rotatable bonds is 3. The molecule has 0 aliphatic carbocycles. The van der Waals surface area contributed by atoms with E-state index < -0.39 is 10.0 Å². The minimum absolute atomic E-state index is 0.0771. The Morgan fingerprint density at radius 1 is 1.14 bits per heavy atom. The number of carbonyl (C=O) groups excluding carboxylic acids is 1. The highest BCUT2D eigenvalue weighted by Crippen LogP contribution is 2.23. The summed E-state index contributed by atoms with van der Waals surface area (Å²) in [4.78, 5) is 14.0. The molecule has 1 heterocycles. The van der Waals surface area contributed by atoms with E-state index in [4.69, 9.17) is 23.2 Å². The van der Waals surface area contributed by atoms with Gasteiger partial charge in [0.2, 0.25) is 10.0 Å². The SMILES string of the molecule is CCS(=O)(=O)N1CCN(C(=O)c2ccc(Cl)c(Cl)c2)CC1. The number of amides is 1. The summed E-state index contributed by atoms with van der Waals surface area (Å²) >= 11 is 11.7. The molecule has 1 aromatic carbocycles. The summed E-state index contributed by atoms with van der Waals surface area (Å²) in [5.41, 5.74) is 0.455. The van der Waals surface area contributed by atoms with Crippen molar-refractivity contribution in [3.05, 3.63) is 33.8 Å². The molecule has 116 valence electrons. The molecule has 8 heteroatoms. The van der Waals surface area contributed by atoms with Gasteiger partial charge in [-0.05, 0) is 25.1 Å². The van der Waals surface area contributed by atoms with E-state index in [9.17, 15) is 13.2 Å². The molecular formula is C13H16Cl2N2O3S. The maximum atomic E-state index is 12.3. The third-order valence-electron chi connectivity index (χ3n) is 3.45. The molecule has 1 aliphatic heterocycles. The molecule has 2 rings (SSSR count). The Morgan fingerprint density at radius 3 is 2.29 bits per heavy atom. The lowest BCUT2D eigenvalue weighted by molar-refractivity contribution is 0.0698. The average molecular weight is 351 g/mol. The zero-order valence-corrected chi connectivity index (χ0v) is 13.9. The molecule has 0 spiro atoms. The van der Waals surface area contributed by atoms with Crippen LogP contribution in [-0.2, 0) is 10.0 Å². The van der Waals surface area contributed by atoms with E-state index >= 15 is 0 Å². The summed E-state index contributed by atoms with van der Waals surface area (Å²) in [6.07, 6.45) is 0. The number of benzene rings is 1. The second kappa shape index (κ2) is 6.52. The number of sulfonamides is 1. The molecule has 0 N–H and O–H groups in total. The summed E-state index contributed by atoms with van der Waals surface area (Å²) in [6.45, 7) is 3.01. The molecule has 1 aromatic rings. The summed E-state index contributed by atoms with van der Waals surface area (Å²) in [6, 6.07) is 4.72. The molecule has 0 atom stereocenters. The highest BCUT2D eigenvalue weighted by atomic mass is 35.5. The van der Waals surface area contributed by atoms with Crippen molar-refractivity contribution in [3.63, 3.8) is 0 Å². The first-order valence-electron chi connectivity index (χ1n) is 6.57. The van der Waals surface area contributed by atoms with Crippen LogP contribution < -0.4 is 0 Å². The van der Waals surface area contributed by atoms with Gasteiger partial charge in [-0.2, -0.15) is 4.31 Å². The van der Waals surface area contributed by atoms with Crippen molar-refractivity contribution < 1.29 is 13.2 Å². The van der Waals surface area contributed by atoms with Gasteiger partial charge >= 0.3 is 0 Å². The van der Waals surface area contributed by atoms with Crippen molar-refractivity contribution in [1.29, 1.82) is 0 Å². The molecule has 0 bridgehead atoms. The molecule has 0 saturated carbocycles. The van der Waals surface area contributed by atoms with E-state index in [1.807, 2.05) is 0 Å². The Hall–Kier alpha value is -0.820. The molecule has 0 aromatic heterocycles. The fourth-order valence-electron chi connectivity index (χ4n) is 2.16. The van der Waals surface area contributed by atoms with Crippen LogP contribution in [0.1, 0.15) is 17.3 Å². The van der Waals surface area contributed by atoms with Crippen LogP contribution in [0.4, 0.5) is 0 Å². The lowest BCUT2D eigenvalue weighted by Crippen LogP contribution is -2.50. The number of piperazine rings is 1. The second-order valence-corrected chi connectivity index (χ2v) is 7.79. The third-order valence-corrected chi connectivity index (χ3v) is 6.07. The third kappa shape index (κ3) is 3.69. The first-order valence-corrected chi connectivity index (χ1v) is 8.94. The van der Waals surface area contributed by atoms with E-state index in [1.165, 1.54) is 10.4 Å². The highest BCUT2D eigenvalue weighted by Gasteiger charge is 2.28. The standard InChI is InChI=1S/C13H16Cl2N2O3S/c1-2-21(19,20)17-7-5-16(6-8-17)13(18)10-3-4-11(14)12(15)9-10/h3-4,9H,2,5-8H2,1H3. The van der Waals surface area contributed by atoms with E-state index in [1.54, 1.807) is 24.0 Å². The van der Waals surface area contributed by atoms with Gasteiger partial charge in [0, 0.05) is 31.7 Å². The van der Waals surface area contributed by atoms with E-state index in [0.717, 1.165) is 0 Å². The van der Waals surface area contributed by atoms with Gasteiger partial charge < -0.3 is 4.90 Å². The maximum Gasteiger partial charge on any atom is 0.253 e. The summed E-state index contributed by atoms with van der Waals surface area (Å²) in [5.74, 6) is -0.0876. The van der Waals surface area contributed by atoms with Crippen molar-refractivity contribution in [2.75, 3.05) is 31.9 Å². The van der Waals surface area contributed by atoms with Gasteiger partial charge in [0.15, 0.2) is 0 Å². The molecule has 0 unspecified atom stereocenters. The number of halogens is 2. The Bertz CT molecular complexity index is 641. The van der Waals surface area contributed by atoms with Crippen LogP contribution in [-0.4, -0.2) is 55.5 Å². The predicted octanol–water partition coefficient (Wildman–Crippen LogP) is 2.10. The largest absolute Gasteiger partial charge is 0.336 e. The van der Waals surface area contributed by atoms with Gasteiger partial charge in [0.05, 0.1) is 15.8 Å². The average Bonchev–Trinajstić information content (AvgIpc) is 2.49. The maximum absolute atomic E-state index is 12.3. The molecule has 1 saturated heterocycles. The Labute approximate surface area is 134 Å². The zero-order chi connectivity index (χ0) is 15.6. The van der Waals surface area contributed by atoms with Crippen molar-refractivity contribution in [1.82, 2.24) is 9.21 Å². The van der Waals surface area contributed by atoms with Crippen LogP contribution in [0.2, 0.25) is 10.0 Å². The van der Waals surface area contributed by atoms with Crippen LogP contribution in [0.15, 0.2) is 18.2 Å². The minimum Gasteiger partial charge on any atom is -0.336 e. The molecule has 5 nitrogen and oxygen atoms in total. The van der Waals surface area contributed by atoms with Crippen LogP contribution >= 0.6 is 23.2 Å². The monoisotopic (exact) mass is 350 g/mol. The van der Waals surface area contributed by atoms with Crippen molar-refractivity contribution >= 4 is 39.1 Å². The molecule has 21 heavy (non-hydrogen) atoms. The predicted molar refractivity (Wildman–Crippen MR) is 83.4 cm³/mol. The Balaban J connectivity index is 2.05. The quantitative estimate of drug-likeness (QED) is 0.838. The number of carbonyl (C=O) groups is 1. The van der Waals surface area contributed by atoms with E-state index in [-0.39, 0.29) is 11.7 Å². The van der Waals surface area contributed by atoms with Crippen molar-refractivity contribution in [2.45, 2.75) is 6.92 Å². The first kappa shape index (κ1) is 16.5. The van der Waals surface area contributed by atoms with Gasteiger partial charge in [0.25, 0.3) is 5.91 Å². The van der Waals surface area contributed by atoms with Gasteiger partial charge in [-0.15, -0.1) is 0 Å². The molecular weight excluding hydrogens is 335 g/mol. The Kier molecular flexibility index (Phi) is 5.14. The Morgan fingerprint density at radius 2 is 1.76 bits per heavy atom. The lowest BCUT2D eigenvalue weighted by atomic mass is 10.2. The van der Waals surface area contributed by atoms with Gasteiger partial charge in [-0.1, -0.05) is 23.2 Å².